The largest absolute Gasteiger partial charge is 0.388 e. The normalized spacial score (nSPS) is 11.1. The Labute approximate surface area is 99.1 Å². The van der Waals surface area contributed by atoms with Crippen LogP contribution in [0.2, 0.25) is 0 Å². The summed E-state index contributed by atoms with van der Waals surface area (Å²) in [5.41, 5.74) is 6.58. The first-order valence-electron chi connectivity index (χ1n) is 4.39. The second-order valence-corrected chi connectivity index (χ2v) is 5.26. The number of sulfonamides is 1. The monoisotopic (exact) mass is 260 g/mol. The van der Waals surface area contributed by atoms with Crippen LogP contribution in [-0.4, -0.2) is 30.7 Å². The number of rotatable bonds is 5. The third kappa shape index (κ3) is 4.51. The molecule has 0 radical (unpaired) electrons. The zero-order chi connectivity index (χ0) is 12.2. The summed E-state index contributed by atoms with van der Waals surface area (Å²) in [6, 6.07) is 3.37. The number of hydrogen-bond donors (Lipinski definition) is 3. The van der Waals surface area contributed by atoms with Crippen molar-refractivity contribution in [3.05, 3.63) is 24.0 Å². The second-order valence-electron chi connectivity index (χ2n) is 3.09. The number of aromatic nitrogens is 1. The van der Waals surface area contributed by atoms with Crippen LogP contribution < -0.4 is 16.2 Å². The van der Waals surface area contributed by atoms with E-state index >= 15 is 0 Å². The molecule has 1 heterocycles. The molecule has 0 saturated carbocycles. The van der Waals surface area contributed by atoms with Crippen molar-refractivity contribution in [2.24, 2.45) is 10.9 Å². The van der Waals surface area contributed by atoms with Gasteiger partial charge in [0.2, 0.25) is 10.0 Å². The van der Waals surface area contributed by atoms with Crippen molar-refractivity contribution >= 4 is 32.9 Å². The summed E-state index contributed by atoms with van der Waals surface area (Å²) in [6.07, 6.45) is 1.53. The highest BCUT2D eigenvalue weighted by Crippen LogP contribution is 2.05. The zero-order valence-electron chi connectivity index (χ0n) is 8.38. The van der Waals surface area contributed by atoms with Gasteiger partial charge in [0.25, 0.3) is 0 Å². The van der Waals surface area contributed by atoms with Gasteiger partial charge in [-0.15, -0.1) is 0 Å². The molecule has 0 aliphatic carbocycles. The van der Waals surface area contributed by atoms with Gasteiger partial charge in [-0.25, -0.2) is 13.6 Å². The minimum atomic E-state index is -3.44. The lowest BCUT2D eigenvalue weighted by Gasteiger charge is -2.05. The molecule has 0 atom stereocenters. The van der Waals surface area contributed by atoms with Gasteiger partial charge in [-0.1, -0.05) is 12.2 Å². The van der Waals surface area contributed by atoms with E-state index in [2.05, 4.69) is 10.3 Å². The van der Waals surface area contributed by atoms with E-state index < -0.39 is 10.0 Å². The Balaban J connectivity index is 2.53. The molecule has 8 heteroatoms. The van der Waals surface area contributed by atoms with E-state index in [1.165, 1.54) is 6.20 Å². The van der Waals surface area contributed by atoms with Crippen molar-refractivity contribution in [3.63, 3.8) is 0 Å². The predicted molar refractivity (Wildman–Crippen MR) is 66.6 cm³/mol. The third-order valence-electron chi connectivity index (χ3n) is 1.73. The molecule has 1 aromatic rings. The van der Waals surface area contributed by atoms with Crippen molar-refractivity contribution in [2.45, 2.75) is 0 Å². The predicted octanol–water partition coefficient (Wildman–Crippen LogP) is -0.584. The van der Waals surface area contributed by atoms with Crippen molar-refractivity contribution < 1.29 is 8.42 Å². The summed E-state index contributed by atoms with van der Waals surface area (Å²) < 4.78 is 21.3. The molecule has 0 fully saturated rings. The van der Waals surface area contributed by atoms with E-state index in [0.717, 1.165) is 0 Å². The first-order chi connectivity index (χ1) is 7.38. The molecule has 16 heavy (non-hydrogen) atoms. The van der Waals surface area contributed by atoms with E-state index in [0.29, 0.717) is 11.4 Å². The van der Waals surface area contributed by atoms with Crippen molar-refractivity contribution in [1.82, 2.24) is 4.98 Å². The van der Waals surface area contributed by atoms with Crippen LogP contribution >= 0.6 is 12.2 Å². The van der Waals surface area contributed by atoms with E-state index in [1.807, 2.05) is 0 Å². The maximum atomic E-state index is 10.7. The summed E-state index contributed by atoms with van der Waals surface area (Å²) in [4.78, 5) is 4.20. The lowest BCUT2D eigenvalue weighted by molar-refractivity contribution is 0.598. The average molecular weight is 260 g/mol. The van der Waals surface area contributed by atoms with E-state index in [4.69, 9.17) is 23.1 Å². The van der Waals surface area contributed by atoms with Gasteiger partial charge in [0.05, 0.1) is 23.3 Å². The van der Waals surface area contributed by atoms with Gasteiger partial charge in [-0.3, -0.25) is 4.98 Å². The summed E-state index contributed by atoms with van der Waals surface area (Å²) in [7, 11) is -3.44. The van der Waals surface area contributed by atoms with Crippen molar-refractivity contribution in [1.29, 1.82) is 0 Å². The number of thiocarbonyl (C=S) groups is 1. The molecule has 0 unspecified atom stereocenters. The number of nitrogens with two attached hydrogens (primary N) is 2. The number of hydrogen-bond acceptors (Lipinski definition) is 5. The minimum absolute atomic E-state index is 0.135. The molecule has 0 saturated heterocycles. The van der Waals surface area contributed by atoms with Gasteiger partial charge < -0.3 is 11.1 Å². The SMILES string of the molecule is NC(=S)c1ccc(NCCS(N)(=O)=O)cn1. The summed E-state index contributed by atoms with van der Waals surface area (Å²) in [5, 5.41) is 7.71. The number of nitrogens with zero attached hydrogens (tertiary/aromatic N) is 1. The summed E-state index contributed by atoms with van der Waals surface area (Å²) >= 11 is 4.74. The number of primary sulfonamides is 1. The van der Waals surface area contributed by atoms with Crippen LogP contribution in [0.15, 0.2) is 18.3 Å². The molecule has 1 aromatic heterocycles. The van der Waals surface area contributed by atoms with E-state index in [9.17, 15) is 8.42 Å². The highest BCUT2D eigenvalue weighted by Gasteiger charge is 2.02. The first-order valence-corrected chi connectivity index (χ1v) is 6.51. The van der Waals surface area contributed by atoms with Crippen molar-refractivity contribution in [3.8, 4) is 0 Å². The van der Waals surface area contributed by atoms with Gasteiger partial charge in [0.15, 0.2) is 0 Å². The van der Waals surface area contributed by atoms with Crippen LogP contribution in [0.1, 0.15) is 5.69 Å². The number of pyridine rings is 1. The maximum absolute atomic E-state index is 10.7. The second kappa shape index (κ2) is 5.19. The minimum Gasteiger partial charge on any atom is -0.388 e. The smallest absolute Gasteiger partial charge is 0.210 e. The first kappa shape index (κ1) is 12.8. The average Bonchev–Trinajstić information content (AvgIpc) is 2.16. The molecule has 0 aliphatic rings. The molecular formula is C8H12N4O2S2. The molecule has 0 spiro atoms. The maximum Gasteiger partial charge on any atom is 0.210 e. The lowest BCUT2D eigenvalue weighted by Crippen LogP contribution is -2.22. The quantitative estimate of drug-likeness (QED) is 0.611. The highest BCUT2D eigenvalue weighted by molar-refractivity contribution is 7.89. The molecule has 0 aromatic carbocycles. The van der Waals surface area contributed by atoms with Gasteiger partial charge in [0.1, 0.15) is 4.99 Å². The van der Waals surface area contributed by atoms with Crippen LogP contribution in [0.4, 0.5) is 5.69 Å². The Morgan fingerprint density at radius 2 is 2.19 bits per heavy atom. The molecule has 0 aliphatic heterocycles. The van der Waals surface area contributed by atoms with E-state index in [1.54, 1.807) is 12.1 Å². The topological polar surface area (TPSA) is 111 Å². The van der Waals surface area contributed by atoms with Crippen LogP contribution in [0, 0.1) is 0 Å². The molecule has 5 N–H and O–H groups in total. The molecule has 88 valence electrons. The van der Waals surface area contributed by atoms with E-state index in [-0.39, 0.29) is 17.3 Å². The molecule has 6 nitrogen and oxygen atoms in total. The number of anilines is 1. The standard InChI is InChI=1S/C8H12N4O2S2/c9-8(15)7-2-1-6(5-12-7)11-3-4-16(10,13)14/h1-2,5,11H,3-4H2,(H2,9,15)(H2,10,13,14). The molecule has 0 amide bonds. The third-order valence-corrected chi connectivity index (χ3v) is 2.71. The fraction of sp³-hybridized carbons (Fsp3) is 0.250. The van der Waals surface area contributed by atoms with Gasteiger partial charge in [0, 0.05) is 6.54 Å². The molecule has 1 rings (SSSR count). The Bertz CT molecular complexity index is 469. The Hall–Kier alpha value is -1.25. The molecular weight excluding hydrogens is 248 g/mol. The Morgan fingerprint density at radius 1 is 1.50 bits per heavy atom. The fourth-order valence-corrected chi connectivity index (χ4v) is 1.49. The van der Waals surface area contributed by atoms with Crippen LogP contribution in [0.25, 0.3) is 0 Å². The fourth-order valence-electron chi connectivity index (χ4n) is 0.982. The van der Waals surface area contributed by atoms with Crippen LogP contribution in [0.3, 0.4) is 0 Å². The zero-order valence-corrected chi connectivity index (χ0v) is 10.0. The summed E-state index contributed by atoms with van der Waals surface area (Å²) in [6.45, 7) is 0.229. The van der Waals surface area contributed by atoms with Crippen LogP contribution in [0.5, 0.6) is 0 Å². The highest BCUT2D eigenvalue weighted by atomic mass is 32.2. The number of nitrogens with one attached hydrogen (secondary N) is 1. The van der Waals surface area contributed by atoms with Crippen molar-refractivity contribution in [2.75, 3.05) is 17.6 Å². The van der Waals surface area contributed by atoms with Crippen LogP contribution in [-0.2, 0) is 10.0 Å². The molecule has 0 bridgehead atoms. The summed E-state index contributed by atoms with van der Waals surface area (Å²) in [5.74, 6) is -0.135. The van der Waals surface area contributed by atoms with Gasteiger partial charge >= 0.3 is 0 Å². The Morgan fingerprint density at radius 3 is 2.62 bits per heavy atom. The lowest BCUT2D eigenvalue weighted by atomic mass is 10.3. The van der Waals surface area contributed by atoms with Gasteiger partial charge in [-0.05, 0) is 12.1 Å². The van der Waals surface area contributed by atoms with Gasteiger partial charge in [-0.2, -0.15) is 0 Å². The Kier molecular flexibility index (Phi) is 4.16.